The minimum Gasteiger partial charge on any atom is -0.507 e. The zero-order valence-electron chi connectivity index (χ0n) is 12.6. The smallest absolute Gasteiger partial charge is 0.416 e. The van der Waals surface area contributed by atoms with E-state index in [0.717, 1.165) is 49.3 Å². The molecule has 2 aromatic rings. The second-order valence-electron chi connectivity index (χ2n) is 5.91. The summed E-state index contributed by atoms with van der Waals surface area (Å²) in [5.41, 5.74) is -0.286. The Balaban J connectivity index is 1.88. The van der Waals surface area contributed by atoms with Gasteiger partial charge >= 0.3 is 6.18 Å². The first-order valence-electron chi connectivity index (χ1n) is 7.45. The van der Waals surface area contributed by atoms with E-state index in [-0.39, 0.29) is 11.3 Å². The van der Waals surface area contributed by atoms with Crippen LogP contribution in [0.4, 0.5) is 18.3 Å². The number of piperidine rings is 1. The number of phenolic OH excluding ortho intramolecular Hbond substituents is 1. The van der Waals surface area contributed by atoms with Crippen molar-refractivity contribution in [1.82, 2.24) is 4.98 Å². The van der Waals surface area contributed by atoms with Crippen molar-refractivity contribution in [3.05, 3.63) is 29.1 Å². The molecule has 0 radical (unpaired) electrons. The Morgan fingerprint density at radius 2 is 1.96 bits per heavy atom. The van der Waals surface area contributed by atoms with Crippen LogP contribution in [0.15, 0.2) is 23.6 Å². The van der Waals surface area contributed by atoms with Gasteiger partial charge in [0.25, 0.3) is 0 Å². The summed E-state index contributed by atoms with van der Waals surface area (Å²) in [4.78, 5) is 6.58. The quantitative estimate of drug-likeness (QED) is 0.854. The van der Waals surface area contributed by atoms with E-state index in [9.17, 15) is 18.3 Å². The molecule has 3 rings (SSSR count). The van der Waals surface area contributed by atoms with Gasteiger partial charge in [-0.05, 0) is 37.0 Å². The first-order chi connectivity index (χ1) is 10.8. The third-order valence-corrected chi connectivity index (χ3v) is 5.05. The van der Waals surface area contributed by atoms with Gasteiger partial charge in [0.15, 0.2) is 5.13 Å². The highest BCUT2D eigenvalue weighted by molar-refractivity contribution is 7.14. The van der Waals surface area contributed by atoms with Gasteiger partial charge < -0.3 is 10.0 Å². The second kappa shape index (κ2) is 6.03. The normalized spacial score (nSPS) is 16.8. The molecule has 1 aliphatic rings. The molecule has 23 heavy (non-hydrogen) atoms. The number of anilines is 1. The molecule has 1 fully saturated rings. The summed E-state index contributed by atoms with van der Waals surface area (Å²) in [7, 11) is 0. The number of hydrogen-bond acceptors (Lipinski definition) is 4. The van der Waals surface area contributed by atoms with Gasteiger partial charge in [-0.2, -0.15) is 13.2 Å². The standard InChI is InChI=1S/C16H17F3N2OS/c1-10-4-6-21(7-5-10)15-20-13(9-23-15)12-8-11(16(17,18)19)2-3-14(12)22/h2-3,8-10,22H,4-7H2,1H3. The van der Waals surface area contributed by atoms with Crippen molar-refractivity contribution >= 4 is 16.5 Å². The first-order valence-corrected chi connectivity index (χ1v) is 8.33. The molecule has 0 amide bonds. The predicted molar refractivity (Wildman–Crippen MR) is 84.8 cm³/mol. The van der Waals surface area contributed by atoms with Gasteiger partial charge in [-0.3, -0.25) is 0 Å². The van der Waals surface area contributed by atoms with Crippen molar-refractivity contribution in [3.8, 4) is 17.0 Å². The largest absolute Gasteiger partial charge is 0.507 e. The lowest BCUT2D eigenvalue weighted by molar-refractivity contribution is -0.137. The number of rotatable bonds is 2. The number of hydrogen-bond donors (Lipinski definition) is 1. The van der Waals surface area contributed by atoms with Crippen LogP contribution >= 0.6 is 11.3 Å². The number of thiazole rings is 1. The molecule has 1 aromatic carbocycles. The summed E-state index contributed by atoms with van der Waals surface area (Å²) in [5.74, 6) is 0.500. The van der Waals surface area contributed by atoms with Crippen LogP contribution in [0.3, 0.4) is 0 Å². The highest BCUT2D eigenvalue weighted by atomic mass is 32.1. The third-order valence-electron chi connectivity index (χ3n) is 4.15. The van der Waals surface area contributed by atoms with E-state index in [1.165, 1.54) is 11.3 Å². The van der Waals surface area contributed by atoms with Crippen molar-refractivity contribution in [1.29, 1.82) is 0 Å². The average molecular weight is 342 g/mol. The molecular weight excluding hydrogens is 325 g/mol. The third kappa shape index (κ3) is 3.44. The summed E-state index contributed by atoms with van der Waals surface area (Å²) < 4.78 is 38.5. The molecular formula is C16H17F3N2OS. The van der Waals surface area contributed by atoms with E-state index in [4.69, 9.17) is 0 Å². The second-order valence-corrected chi connectivity index (χ2v) is 6.75. The number of halogens is 3. The number of nitrogens with zero attached hydrogens (tertiary/aromatic N) is 2. The minimum atomic E-state index is -4.44. The molecule has 0 spiro atoms. The SMILES string of the molecule is CC1CCN(c2nc(-c3cc(C(F)(F)F)ccc3O)cs2)CC1. The molecule has 1 saturated heterocycles. The molecule has 0 bridgehead atoms. The number of alkyl halides is 3. The molecule has 0 unspecified atom stereocenters. The fraction of sp³-hybridized carbons (Fsp3) is 0.438. The van der Waals surface area contributed by atoms with E-state index in [1.54, 1.807) is 5.38 Å². The van der Waals surface area contributed by atoms with Gasteiger partial charge in [0.2, 0.25) is 0 Å². The topological polar surface area (TPSA) is 36.4 Å². The lowest BCUT2D eigenvalue weighted by Gasteiger charge is -2.29. The average Bonchev–Trinajstić information content (AvgIpc) is 2.97. The maximum absolute atomic E-state index is 12.8. The van der Waals surface area contributed by atoms with Gasteiger partial charge in [0, 0.05) is 24.0 Å². The number of aromatic hydroxyl groups is 1. The summed E-state index contributed by atoms with van der Waals surface area (Å²) in [6.45, 7) is 4.02. The van der Waals surface area contributed by atoms with Gasteiger partial charge in [0.05, 0.1) is 11.3 Å². The lowest BCUT2D eigenvalue weighted by Crippen LogP contribution is -2.32. The van der Waals surface area contributed by atoms with E-state index in [1.807, 2.05) is 0 Å². The zero-order chi connectivity index (χ0) is 16.6. The molecule has 1 aromatic heterocycles. The van der Waals surface area contributed by atoms with Crippen LogP contribution in [0.1, 0.15) is 25.3 Å². The van der Waals surface area contributed by atoms with Crippen LogP contribution in [-0.4, -0.2) is 23.2 Å². The Hall–Kier alpha value is -1.76. The van der Waals surface area contributed by atoms with Crippen molar-refractivity contribution in [2.75, 3.05) is 18.0 Å². The summed E-state index contributed by atoms with van der Waals surface area (Å²) in [6.07, 6.45) is -2.27. The Morgan fingerprint density at radius 3 is 2.61 bits per heavy atom. The monoisotopic (exact) mass is 342 g/mol. The van der Waals surface area contributed by atoms with E-state index in [2.05, 4.69) is 16.8 Å². The molecule has 3 nitrogen and oxygen atoms in total. The molecule has 2 heterocycles. The molecule has 7 heteroatoms. The fourth-order valence-electron chi connectivity index (χ4n) is 2.65. The Bertz CT molecular complexity index is 691. The van der Waals surface area contributed by atoms with Crippen molar-refractivity contribution in [2.24, 2.45) is 5.92 Å². The molecule has 1 aliphatic heterocycles. The van der Waals surface area contributed by atoms with Gasteiger partial charge in [0.1, 0.15) is 5.75 Å². The number of aromatic nitrogens is 1. The van der Waals surface area contributed by atoms with E-state index in [0.29, 0.717) is 11.6 Å². The highest BCUT2D eigenvalue weighted by Gasteiger charge is 2.31. The zero-order valence-corrected chi connectivity index (χ0v) is 13.4. The van der Waals surface area contributed by atoms with Crippen molar-refractivity contribution in [2.45, 2.75) is 25.9 Å². The van der Waals surface area contributed by atoms with Crippen molar-refractivity contribution < 1.29 is 18.3 Å². The predicted octanol–water partition coefficient (Wildman–Crippen LogP) is 4.77. The number of phenols is 1. The lowest BCUT2D eigenvalue weighted by atomic mass is 10.00. The minimum absolute atomic E-state index is 0.118. The van der Waals surface area contributed by atoms with Crippen LogP contribution in [0.25, 0.3) is 11.3 Å². The molecule has 1 N–H and O–H groups in total. The Morgan fingerprint density at radius 1 is 1.26 bits per heavy atom. The van der Waals surface area contributed by atoms with Gasteiger partial charge in [-0.1, -0.05) is 6.92 Å². The summed E-state index contributed by atoms with van der Waals surface area (Å²) in [5, 5.41) is 12.4. The molecule has 0 aliphatic carbocycles. The van der Waals surface area contributed by atoms with Crippen LogP contribution < -0.4 is 4.90 Å². The highest BCUT2D eigenvalue weighted by Crippen LogP contribution is 2.38. The number of benzene rings is 1. The van der Waals surface area contributed by atoms with Crippen LogP contribution in [0, 0.1) is 5.92 Å². The molecule has 0 saturated carbocycles. The molecule has 124 valence electrons. The fourth-order valence-corrected chi connectivity index (χ4v) is 3.53. The van der Waals surface area contributed by atoms with Crippen molar-refractivity contribution in [3.63, 3.8) is 0 Å². The first kappa shape index (κ1) is 16.1. The maximum atomic E-state index is 12.8. The van der Waals surface area contributed by atoms with E-state index < -0.39 is 11.7 Å². The summed E-state index contributed by atoms with van der Waals surface area (Å²) >= 11 is 1.40. The molecule has 0 atom stereocenters. The Kier molecular flexibility index (Phi) is 4.23. The Labute approximate surface area is 136 Å². The van der Waals surface area contributed by atoms with E-state index >= 15 is 0 Å². The van der Waals surface area contributed by atoms with Gasteiger partial charge in [-0.15, -0.1) is 11.3 Å². The van der Waals surface area contributed by atoms with Gasteiger partial charge in [-0.25, -0.2) is 4.98 Å². The van der Waals surface area contributed by atoms with Crippen LogP contribution in [-0.2, 0) is 6.18 Å². The summed E-state index contributed by atoms with van der Waals surface area (Å²) in [6, 6.07) is 2.89. The maximum Gasteiger partial charge on any atom is 0.416 e. The van der Waals surface area contributed by atoms with Crippen LogP contribution in [0.5, 0.6) is 5.75 Å². The van der Waals surface area contributed by atoms with Crippen LogP contribution in [0.2, 0.25) is 0 Å².